The number of amides is 1. The fourth-order valence-electron chi connectivity index (χ4n) is 1.67. The summed E-state index contributed by atoms with van der Waals surface area (Å²) in [6.45, 7) is 0.360. The molecule has 0 spiro atoms. The van der Waals surface area contributed by atoms with E-state index < -0.39 is 0 Å². The average Bonchev–Trinajstić information content (AvgIpc) is 3.24. The second kappa shape index (κ2) is 6.47. The number of rotatable bonds is 5. The maximum atomic E-state index is 11.7. The lowest BCUT2D eigenvalue weighted by Gasteiger charge is -1.97. The molecule has 1 N–H and O–H groups in total. The van der Waals surface area contributed by atoms with E-state index in [0.29, 0.717) is 6.54 Å². The van der Waals surface area contributed by atoms with Crippen molar-refractivity contribution >= 4 is 34.7 Å². The van der Waals surface area contributed by atoms with Crippen LogP contribution in [0.5, 0.6) is 0 Å². The van der Waals surface area contributed by atoms with E-state index in [1.54, 1.807) is 33.4 Å². The molecule has 0 unspecified atom stereocenters. The highest BCUT2D eigenvalue weighted by atomic mass is 32.1. The number of nitrogens with one attached hydrogen (secondary N) is 1. The van der Waals surface area contributed by atoms with Gasteiger partial charge in [0.2, 0.25) is 5.91 Å². The van der Waals surface area contributed by atoms with Crippen molar-refractivity contribution in [3.05, 3.63) is 57.9 Å². The monoisotopic (exact) mass is 316 g/mol. The van der Waals surface area contributed by atoms with Gasteiger partial charge in [-0.1, -0.05) is 11.3 Å². The van der Waals surface area contributed by atoms with Gasteiger partial charge in [-0.3, -0.25) is 4.79 Å². The minimum absolute atomic E-state index is 0.144. The lowest BCUT2D eigenvalue weighted by atomic mass is 10.4. The Bertz CT molecular complexity index is 729. The van der Waals surface area contributed by atoms with Crippen molar-refractivity contribution in [3.63, 3.8) is 0 Å². The Morgan fingerprint density at radius 1 is 1.29 bits per heavy atom. The van der Waals surface area contributed by atoms with Crippen LogP contribution < -0.4 is 5.32 Å². The topological polar surface area (TPSA) is 59.8 Å². The van der Waals surface area contributed by atoms with Crippen LogP contribution >= 0.6 is 22.7 Å². The molecule has 3 rings (SSSR count). The van der Waals surface area contributed by atoms with E-state index in [9.17, 15) is 4.79 Å². The highest BCUT2D eigenvalue weighted by Gasteiger charge is 2.04. The summed E-state index contributed by atoms with van der Waals surface area (Å²) in [5.74, 6) is -0.144. The van der Waals surface area contributed by atoms with Gasteiger partial charge in [-0.25, -0.2) is 4.68 Å². The summed E-state index contributed by atoms with van der Waals surface area (Å²) < 4.78 is 1.70. The second-order valence-electron chi connectivity index (χ2n) is 4.17. The van der Waals surface area contributed by atoms with E-state index in [4.69, 9.17) is 0 Å². The van der Waals surface area contributed by atoms with E-state index >= 15 is 0 Å². The van der Waals surface area contributed by atoms with E-state index in [0.717, 1.165) is 15.6 Å². The molecule has 5 nitrogen and oxygen atoms in total. The standard InChI is InChI=1S/C14H12N4OS2/c19-13(6-5-12-3-1-7-20-12)15-9-11-10-18(17-16-11)14-4-2-8-21-14/h1-8,10H,9H2,(H,15,19). The number of thiophene rings is 2. The third-order valence-electron chi connectivity index (χ3n) is 2.66. The molecule has 21 heavy (non-hydrogen) atoms. The summed E-state index contributed by atoms with van der Waals surface area (Å²) in [6, 6.07) is 7.83. The predicted octanol–water partition coefficient (Wildman–Crippen LogP) is 2.72. The molecule has 0 aliphatic heterocycles. The molecule has 0 fully saturated rings. The molecule has 3 aromatic heterocycles. The smallest absolute Gasteiger partial charge is 0.244 e. The lowest BCUT2D eigenvalue weighted by Crippen LogP contribution is -2.20. The van der Waals surface area contributed by atoms with E-state index in [2.05, 4.69) is 15.6 Å². The highest BCUT2D eigenvalue weighted by molar-refractivity contribution is 7.12. The van der Waals surface area contributed by atoms with Gasteiger partial charge in [-0.15, -0.1) is 27.8 Å². The first-order valence-electron chi connectivity index (χ1n) is 6.26. The van der Waals surface area contributed by atoms with E-state index in [-0.39, 0.29) is 5.91 Å². The minimum atomic E-state index is -0.144. The van der Waals surface area contributed by atoms with Crippen LogP contribution in [0.15, 0.2) is 47.3 Å². The largest absolute Gasteiger partial charge is 0.347 e. The third kappa shape index (κ3) is 3.65. The first-order valence-corrected chi connectivity index (χ1v) is 8.02. The van der Waals surface area contributed by atoms with Crippen LogP contribution in [0.2, 0.25) is 0 Å². The van der Waals surface area contributed by atoms with Gasteiger partial charge >= 0.3 is 0 Å². The fourth-order valence-corrected chi connectivity index (χ4v) is 2.94. The van der Waals surface area contributed by atoms with Gasteiger partial charge in [0.1, 0.15) is 10.7 Å². The Balaban J connectivity index is 1.54. The van der Waals surface area contributed by atoms with Crippen LogP contribution in [0.4, 0.5) is 0 Å². The van der Waals surface area contributed by atoms with Crippen molar-refractivity contribution in [1.82, 2.24) is 20.3 Å². The predicted molar refractivity (Wildman–Crippen MR) is 84.4 cm³/mol. The SMILES string of the molecule is O=C(C=Cc1cccs1)NCc1cn(-c2cccs2)nn1. The van der Waals surface area contributed by atoms with Crippen LogP contribution in [0.3, 0.4) is 0 Å². The van der Waals surface area contributed by atoms with Gasteiger partial charge in [0.15, 0.2) is 0 Å². The van der Waals surface area contributed by atoms with Gasteiger partial charge in [0, 0.05) is 11.0 Å². The summed E-state index contributed by atoms with van der Waals surface area (Å²) >= 11 is 3.17. The molecule has 3 heterocycles. The normalized spacial score (nSPS) is 11.0. The Morgan fingerprint density at radius 2 is 2.14 bits per heavy atom. The number of aromatic nitrogens is 3. The zero-order valence-corrected chi connectivity index (χ0v) is 12.6. The Kier molecular flexibility index (Phi) is 4.23. The van der Waals surface area contributed by atoms with E-state index in [1.807, 2.05) is 41.2 Å². The molecule has 0 bridgehead atoms. The quantitative estimate of drug-likeness (QED) is 0.736. The molecular formula is C14H12N4OS2. The second-order valence-corrected chi connectivity index (χ2v) is 6.08. The van der Waals surface area contributed by atoms with Crippen molar-refractivity contribution in [2.24, 2.45) is 0 Å². The van der Waals surface area contributed by atoms with Crippen LogP contribution in [0.25, 0.3) is 11.1 Å². The zero-order valence-electron chi connectivity index (χ0n) is 11.0. The molecule has 0 aromatic carbocycles. The Morgan fingerprint density at radius 3 is 2.90 bits per heavy atom. The first kappa shape index (κ1) is 13.7. The maximum Gasteiger partial charge on any atom is 0.244 e. The Labute approximate surface area is 129 Å². The molecule has 0 saturated heterocycles. The van der Waals surface area contributed by atoms with Gasteiger partial charge in [-0.2, -0.15) is 0 Å². The maximum absolute atomic E-state index is 11.7. The number of nitrogens with zero attached hydrogens (tertiary/aromatic N) is 3. The average molecular weight is 316 g/mol. The van der Waals surface area contributed by atoms with Crippen LogP contribution in [0, 0.1) is 0 Å². The number of hydrogen-bond acceptors (Lipinski definition) is 5. The molecule has 0 aliphatic carbocycles. The van der Waals surface area contributed by atoms with Crippen molar-refractivity contribution in [3.8, 4) is 5.00 Å². The molecule has 0 aliphatic rings. The van der Waals surface area contributed by atoms with Gasteiger partial charge in [0.05, 0.1) is 12.7 Å². The molecule has 0 saturated carbocycles. The summed E-state index contributed by atoms with van der Waals surface area (Å²) in [7, 11) is 0. The van der Waals surface area contributed by atoms with Crippen molar-refractivity contribution < 1.29 is 4.79 Å². The summed E-state index contributed by atoms with van der Waals surface area (Å²) in [5.41, 5.74) is 0.723. The molecule has 0 atom stereocenters. The molecule has 0 radical (unpaired) electrons. The van der Waals surface area contributed by atoms with Crippen LogP contribution in [0.1, 0.15) is 10.6 Å². The number of carbonyl (C=O) groups is 1. The summed E-state index contributed by atoms with van der Waals surface area (Å²) in [5, 5.41) is 15.8. The van der Waals surface area contributed by atoms with Crippen LogP contribution in [-0.4, -0.2) is 20.9 Å². The zero-order chi connectivity index (χ0) is 14.5. The third-order valence-corrected chi connectivity index (χ3v) is 4.35. The summed E-state index contributed by atoms with van der Waals surface area (Å²) in [6.07, 6.45) is 5.13. The molecule has 106 valence electrons. The lowest BCUT2D eigenvalue weighted by molar-refractivity contribution is -0.116. The molecule has 3 aromatic rings. The van der Waals surface area contributed by atoms with Gasteiger partial charge < -0.3 is 5.32 Å². The van der Waals surface area contributed by atoms with Gasteiger partial charge in [0.25, 0.3) is 0 Å². The van der Waals surface area contributed by atoms with E-state index in [1.165, 1.54) is 6.08 Å². The number of carbonyl (C=O) groups excluding carboxylic acids is 1. The van der Waals surface area contributed by atoms with Crippen molar-refractivity contribution in [2.75, 3.05) is 0 Å². The summed E-state index contributed by atoms with van der Waals surface area (Å²) in [4.78, 5) is 12.8. The van der Waals surface area contributed by atoms with Gasteiger partial charge in [-0.05, 0) is 35.0 Å². The highest BCUT2D eigenvalue weighted by Crippen LogP contribution is 2.13. The Hall–Kier alpha value is -2.25. The molecular weight excluding hydrogens is 304 g/mol. The number of hydrogen-bond donors (Lipinski definition) is 1. The molecule has 1 amide bonds. The minimum Gasteiger partial charge on any atom is -0.347 e. The first-order chi connectivity index (χ1) is 10.3. The fraction of sp³-hybridized carbons (Fsp3) is 0.0714. The van der Waals surface area contributed by atoms with Crippen LogP contribution in [-0.2, 0) is 11.3 Å². The van der Waals surface area contributed by atoms with Crippen molar-refractivity contribution in [2.45, 2.75) is 6.54 Å². The van der Waals surface area contributed by atoms with Crippen molar-refractivity contribution in [1.29, 1.82) is 0 Å². The molecule has 7 heteroatoms.